The maximum Gasteiger partial charge on any atom is 0.280 e. The molecule has 0 aliphatic heterocycles. The second-order valence-corrected chi connectivity index (χ2v) is 8.50. The molecule has 178 valence electrons. The molecule has 8 nitrogen and oxygen atoms in total. The van der Waals surface area contributed by atoms with Gasteiger partial charge in [0.2, 0.25) is 0 Å². The number of para-hydroxylation sites is 1. The van der Waals surface area contributed by atoms with E-state index in [2.05, 4.69) is 28.4 Å². The number of hydrogen-bond donors (Lipinski definition) is 1. The third-order valence-electron chi connectivity index (χ3n) is 5.60. The maximum absolute atomic E-state index is 13.6. The minimum Gasteiger partial charge on any atom is -0.306 e. The van der Waals surface area contributed by atoms with Crippen LogP contribution < -0.4 is 11.1 Å². The van der Waals surface area contributed by atoms with Crippen LogP contribution in [0.25, 0.3) is 16.6 Å². The number of aromatic amines is 1. The largest absolute Gasteiger partial charge is 0.306 e. The third kappa shape index (κ3) is 5.08. The number of fused-ring (bicyclic) bond motifs is 1. The number of hydrogen-bond acceptors (Lipinski definition) is 5. The highest BCUT2D eigenvalue weighted by Crippen LogP contribution is 2.21. The monoisotopic (exact) mass is 488 g/mol. The number of nitrogens with one attached hydrogen (secondary N) is 1. The molecule has 3 aromatic heterocycles. The quantitative estimate of drug-likeness (QED) is 0.285. The van der Waals surface area contributed by atoms with E-state index in [0.29, 0.717) is 46.0 Å². The van der Waals surface area contributed by atoms with Crippen LogP contribution in [0, 0.1) is 0 Å². The summed E-state index contributed by atoms with van der Waals surface area (Å²) in [4.78, 5) is 37.1. The zero-order valence-corrected chi connectivity index (χ0v) is 20.1. The van der Waals surface area contributed by atoms with Crippen LogP contribution in [0.15, 0.2) is 93.7 Å². The third-order valence-corrected chi connectivity index (χ3v) is 5.92. The smallest absolute Gasteiger partial charge is 0.280 e. The fourth-order valence-corrected chi connectivity index (χ4v) is 4.21. The first-order chi connectivity index (χ1) is 16.9. The number of nitrogens with zero attached hydrogens (tertiary/aromatic N) is 5. The summed E-state index contributed by atoms with van der Waals surface area (Å²) in [7, 11) is 1.91. The molecule has 9 heteroatoms. The highest BCUT2D eigenvalue weighted by atomic mass is 35.5. The minimum absolute atomic E-state index is 0.195. The summed E-state index contributed by atoms with van der Waals surface area (Å²) in [5.41, 5.74) is 2.51. The number of aliphatic imine (C=N–C) groups is 1. The first-order valence-corrected chi connectivity index (χ1v) is 11.3. The van der Waals surface area contributed by atoms with Gasteiger partial charge in [-0.15, -0.1) is 0 Å². The Balaban J connectivity index is 1.90. The highest BCUT2D eigenvalue weighted by Gasteiger charge is 2.20. The topological polar surface area (TPSA) is 88.3 Å². The standard InChI is InChI=1S/C26H25ClN6O2/c1-4-18(14-28-2)15-32-23(17-31(3)16-19-9-7-8-12-29-19)25-21(13-24(32)34)30-33(26(25)35)22-11-6-5-10-20(22)27/h4-14,30H,1-2,15-17H2,3H3/b18-14+. The van der Waals surface area contributed by atoms with Crippen LogP contribution in [-0.2, 0) is 19.6 Å². The van der Waals surface area contributed by atoms with Gasteiger partial charge in [0.1, 0.15) is 0 Å². The van der Waals surface area contributed by atoms with Crippen LogP contribution in [0.1, 0.15) is 11.4 Å². The van der Waals surface area contributed by atoms with E-state index < -0.39 is 0 Å². The van der Waals surface area contributed by atoms with E-state index in [0.717, 1.165) is 5.69 Å². The van der Waals surface area contributed by atoms with Gasteiger partial charge in [-0.25, -0.2) is 4.68 Å². The van der Waals surface area contributed by atoms with E-state index in [9.17, 15) is 9.59 Å². The van der Waals surface area contributed by atoms with Crippen molar-refractivity contribution < 1.29 is 0 Å². The summed E-state index contributed by atoms with van der Waals surface area (Å²) in [6, 6.07) is 14.2. The molecule has 0 aliphatic carbocycles. The first-order valence-electron chi connectivity index (χ1n) is 10.9. The lowest BCUT2D eigenvalue weighted by Crippen LogP contribution is -2.29. The molecule has 4 rings (SSSR count). The van der Waals surface area contributed by atoms with E-state index in [1.54, 1.807) is 47.3 Å². The fraction of sp³-hybridized carbons (Fsp3) is 0.154. The Hall–Kier alpha value is -4.01. The van der Waals surface area contributed by atoms with Crippen LogP contribution in [0.2, 0.25) is 5.02 Å². The molecule has 0 unspecified atom stereocenters. The lowest BCUT2D eigenvalue weighted by atomic mass is 10.2. The van der Waals surface area contributed by atoms with E-state index in [-0.39, 0.29) is 17.7 Å². The summed E-state index contributed by atoms with van der Waals surface area (Å²) >= 11 is 6.36. The van der Waals surface area contributed by atoms with Gasteiger partial charge in [0.05, 0.1) is 39.5 Å². The van der Waals surface area contributed by atoms with E-state index in [1.165, 1.54) is 10.7 Å². The zero-order valence-electron chi connectivity index (χ0n) is 19.3. The van der Waals surface area contributed by atoms with Gasteiger partial charge in [0, 0.05) is 31.6 Å². The van der Waals surface area contributed by atoms with Crippen LogP contribution in [-0.4, -0.2) is 38.0 Å². The lowest BCUT2D eigenvalue weighted by Gasteiger charge is -2.20. The van der Waals surface area contributed by atoms with Crippen molar-refractivity contribution >= 4 is 29.2 Å². The first kappa shape index (κ1) is 24.1. The Morgan fingerprint density at radius 2 is 1.97 bits per heavy atom. The van der Waals surface area contributed by atoms with Gasteiger partial charge in [-0.3, -0.25) is 29.6 Å². The molecule has 0 atom stereocenters. The average Bonchev–Trinajstić information content (AvgIpc) is 3.17. The Kier molecular flexibility index (Phi) is 7.24. The molecule has 35 heavy (non-hydrogen) atoms. The fourth-order valence-electron chi connectivity index (χ4n) is 3.98. The van der Waals surface area contributed by atoms with Crippen molar-refractivity contribution in [3.63, 3.8) is 0 Å². The van der Waals surface area contributed by atoms with Crippen molar-refractivity contribution in [1.82, 2.24) is 24.2 Å². The van der Waals surface area contributed by atoms with Crippen LogP contribution in [0.4, 0.5) is 0 Å². The molecule has 1 N–H and O–H groups in total. The van der Waals surface area contributed by atoms with Gasteiger partial charge in [-0.2, -0.15) is 0 Å². The summed E-state index contributed by atoms with van der Waals surface area (Å²) < 4.78 is 2.94. The lowest BCUT2D eigenvalue weighted by molar-refractivity contribution is 0.306. The van der Waals surface area contributed by atoms with Crippen LogP contribution in [0.5, 0.6) is 0 Å². The molecule has 0 amide bonds. The summed E-state index contributed by atoms with van der Waals surface area (Å²) in [5, 5.41) is 3.88. The molecule has 3 heterocycles. The molecule has 0 fully saturated rings. The van der Waals surface area contributed by atoms with Gasteiger partial charge in [0.25, 0.3) is 11.1 Å². The number of halogens is 1. The van der Waals surface area contributed by atoms with Gasteiger partial charge >= 0.3 is 0 Å². The summed E-state index contributed by atoms with van der Waals surface area (Å²) in [6.07, 6.45) is 4.90. The van der Waals surface area contributed by atoms with Gasteiger partial charge in [-0.05, 0) is 43.6 Å². The van der Waals surface area contributed by atoms with Crippen LogP contribution in [0.3, 0.4) is 0 Å². The molecule has 0 radical (unpaired) electrons. The normalized spacial score (nSPS) is 11.8. The van der Waals surface area contributed by atoms with Crippen molar-refractivity contribution in [3.05, 3.63) is 116 Å². The Morgan fingerprint density at radius 3 is 2.66 bits per heavy atom. The number of aromatic nitrogens is 4. The maximum atomic E-state index is 13.6. The molecular weight excluding hydrogens is 464 g/mol. The summed E-state index contributed by atoms with van der Waals surface area (Å²) in [6.45, 7) is 8.35. The second-order valence-electron chi connectivity index (χ2n) is 8.09. The van der Waals surface area contributed by atoms with E-state index in [1.807, 2.05) is 30.1 Å². The number of rotatable bonds is 9. The van der Waals surface area contributed by atoms with Gasteiger partial charge in [0.15, 0.2) is 0 Å². The number of pyridine rings is 2. The van der Waals surface area contributed by atoms with Gasteiger partial charge < -0.3 is 4.57 Å². The number of allylic oxidation sites excluding steroid dienone is 2. The van der Waals surface area contributed by atoms with Gasteiger partial charge in [-0.1, -0.05) is 42.5 Å². The molecule has 4 aromatic rings. The Bertz CT molecular complexity index is 1530. The molecule has 1 aromatic carbocycles. The predicted octanol–water partition coefficient (Wildman–Crippen LogP) is 3.93. The zero-order chi connectivity index (χ0) is 24.9. The van der Waals surface area contributed by atoms with Crippen molar-refractivity contribution in [2.24, 2.45) is 4.99 Å². The summed E-state index contributed by atoms with van der Waals surface area (Å²) in [5.74, 6) is 0. The van der Waals surface area contributed by atoms with Crippen molar-refractivity contribution in [3.8, 4) is 5.69 Å². The number of H-pyrrole nitrogens is 1. The minimum atomic E-state index is -0.297. The molecular formula is C26H25ClN6O2. The van der Waals surface area contributed by atoms with Crippen molar-refractivity contribution in [1.29, 1.82) is 0 Å². The Labute approximate surface area is 207 Å². The SMILES string of the molecule is C=C/C(=C\N=C)Cn1c(CN(C)Cc2ccccn2)c2c(=O)n(-c3ccccc3Cl)[nH]c2cc1=O. The Morgan fingerprint density at radius 1 is 1.20 bits per heavy atom. The van der Waals surface area contributed by atoms with Crippen LogP contribution >= 0.6 is 11.6 Å². The van der Waals surface area contributed by atoms with Crippen molar-refractivity contribution in [2.45, 2.75) is 19.6 Å². The second kappa shape index (κ2) is 10.5. The molecule has 0 saturated heterocycles. The van der Waals surface area contributed by atoms with E-state index in [4.69, 9.17) is 11.6 Å². The predicted molar refractivity (Wildman–Crippen MR) is 140 cm³/mol. The average molecular weight is 489 g/mol. The molecule has 0 bridgehead atoms. The molecule has 0 aliphatic rings. The molecule has 0 spiro atoms. The highest BCUT2D eigenvalue weighted by molar-refractivity contribution is 6.32. The van der Waals surface area contributed by atoms with Crippen molar-refractivity contribution in [2.75, 3.05) is 7.05 Å². The van der Waals surface area contributed by atoms with E-state index >= 15 is 0 Å². The number of benzene rings is 1. The molecule has 0 saturated carbocycles.